The van der Waals surface area contributed by atoms with Crippen molar-refractivity contribution in [2.24, 2.45) is 0 Å². The van der Waals surface area contributed by atoms with Crippen LogP contribution < -0.4 is 14.8 Å². The smallest absolute Gasteiger partial charge is 0.163 e. The summed E-state index contributed by atoms with van der Waals surface area (Å²) in [6.45, 7) is 4.16. The number of rotatable bonds is 8. The maximum atomic E-state index is 5.53. The molecule has 1 aliphatic heterocycles. The summed E-state index contributed by atoms with van der Waals surface area (Å²) in [4.78, 5) is 0. The van der Waals surface area contributed by atoms with E-state index in [4.69, 9.17) is 18.9 Å². The molecule has 0 spiro atoms. The maximum absolute atomic E-state index is 5.53. The fraction of sp³-hybridized carbons (Fsp3) is 0.571. The van der Waals surface area contributed by atoms with Gasteiger partial charge in [-0.3, -0.25) is 0 Å². The minimum absolute atomic E-state index is 0.610. The van der Waals surface area contributed by atoms with Gasteiger partial charge in [0.1, 0.15) is 13.2 Å². The fourth-order valence-corrected chi connectivity index (χ4v) is 1.83. The van der Waals surface area contributed by atoms with Gasteiger partial charge in [0.05, 0.1) is 6.61 Å². The Morgan fingerprint density at radius 2 is 1.95 bits per heavy atom. The normalized spacial score (nSPS) is 13.3. The molecule has 0 bridgehead atoms. The molecule has 5 heteroatoms. The van der Waals surface area contributed by atoms with Gasteiger partial charge in [-0.15, -0.1) is 0 Å². The minimum atomic E-state index is 0.610. The Morgan fingerprint density at radius 3 is 2.79 bits per heavy atom. The van der Waals surface area contributed by atoms with Crippen molar-refractivity contribution in [2.75, 3.05) is 52.0 Å². The number of anilines is 1. The van der Waals surface area contributed by atoms with Gasteiger partial charge in [0.15, 0.2) is 11.5 Å². The number of fused-ring (bicyclic) bond motifs is 1. The van der Waals surface area contributed by atoms with Crippen LogP contribution in [0.4, 0.5) is 5.69 Å². The fourth-order valence-electron chi connectivity index (χ4n) is 1.83. The van der Waals surface area contributed by atoms with Crippen LogP contribution in [-0.4, -0.2) is 46.7 Å². The zero-order valence-corrected chi connectivity index (χ0v) is 11.3. The van der Waals surface area contributed by atoms with E-state index in [0.717, 1.165) is 43.4 Å². The first-order valence-corrected chi connectivity index (χ1v) is 6.60. The van der Waals surface area contributed by atoms with Crippen LogP contribution in [0, 0.1) is 0 Å². The van der Waals surface area contributed by atoms with Gasteiger partial charge in [-0.25, -0.2) is 0 Å². The van der Waals surface area contributed by atoms with Gasteiger partial charge in [-0.2, -0.15) is 0 Å². The van der Waals surface area contributed by atoms with E-state index in [-0.39, 0.29) is 0 Å². The Labute approximate surface area is 113 Å². The molecule has 0 aliphatic carbocycles. The zero-order chi connectivity index (χ0) is 13.3. The molecule has 1 aliphatic rings. The molecule has 0 unspecified atom stereocenters. The molecule has 2 rings (SSSR count). The van der Waals surface area contributed by atoms with Crippen LogP contribution in [0.3, 0.4) is 0 Å². The second-order valence-corrected chi connectivity index (χ2v) is 4.24. The monoisotopic (exact) mass is 267 g/mol. The summed E-state index contributed by atoms with van der Waals surface area (Å²) in [5, 5.41) is 3.29. The summed E-state index contributed by atoms with van der Waals surface area (Å²) in [5.74, 6) is 1.62. The standard InChI is InChI=1S/C14H21NO4/c1-16-6-2-7-17-8-5-15-12-3-4-13-14(11-12)19-10-9-18-13/h3-4,11,15H,2,5-10H2,1H3. The summed E-state index contributed by atoms with van der Waals surface area (Å²) < 4.78 is 21.4. The summed E-state index contributed by atoms with van der Waals surface area (Å²) in [6.07, 6.45) is 0.931. The van der Waals surface area contributed by atoms with E-state index in [0.29, 0.717) is 19.8 Å². The van der Waals surface area contributed by atoms with Gasteiger partial charge in [0.25, 0.3) is 0 Å². The van der Waals surface area contributed by atoms with Gasteiger partial charge < -0.3 is 24.3 Å². The minimum Gasteiger partial charge on any atom is -0.486 e. The van der Waals surface area contributed by atoms with Crippen LogP contribution in [0.2, 0.25) is 0 Å². The predicted octanol–water partition coefficient (Wildman–Crippen LogP) is 1.92. The van der Waals surface area contributed by atoms with E-state index in [2.05, 4.69) is 5.32 Å². The SMILES string of the molecule is COCCCOCCNc1ccc2c(c1)OCCO2. The van der Waals surface area contributed by atoms with Crippen molar-refractivity contribution in [3.63, 3.8) is 0 Å². The van der Waals surface area contributed by atoms with Gasteiger partial charge >= 0.3 is 0 Å². The van der Waals surface area contributed by atoms with E-state index in [1.54, 1.807) is 7.11 Å². The molecule has 0 amide bonds. The molecule has 1 aromatic rings. The largest absolute Gasteiger partial charge is 0.486 e. The third kappa shape index (κ3) is 4.61. The Morgan fingerprint density at radius 1 is 1.11 bits per heavy atom. The average molecular weight is 267 g/mol. The van der Waals surface area contributed by atoms with Crippen molar-refractivity contribution in [1.82, 2.24) is 0 Å². The average Bonchev–Trinajstić information content (AvgIpc) is 2.46. The van der Waals surface area contributed by atoms with E-state index in [9.17, 15) is 0 Å². The topological polar surface area (TPSA) is 49.0 Å². The molecule has 0 radical (unpaired) electrons. The van der Waals surface area contributed by atoms with Crippen LogP contribution in [0.25, 0.3) is 0 Å². The molecule has 0 fully saturated rings. The number of hydrogen-bond donors (Lipinski definition) is 1. The van der Waals surface area contributed by atoms with Crippen molar-refractivity contribution in [3.8, 4) is 11.5 Å². The summed E-state index contributed by atoms with van der Waals surface area (Å²) in [7, 11) is 1.70. The van der Waals surface area contributed by atoms with Crippen LogP contribution in [-0.2, 0) is 9.47 Å². The second kappa shape index (κ2) is 7.86. The van der Waals surface area contributed by atoms with Gasteiger partial charge in [0.2, 0.25) is 0 Å². The molecule has 5 nitrogen and oxygen atoms in total. The zero-order valence-electron chi connectivity index (χ0n) is 11.3. The van der Waals surface area contributed by atoms with Gasteiger partial charge in [-0.05, 0) is 18.6 Å². The van der Waals surface area contributed by atoms with Crippen LogP contribution in [0.5, 0.6) is 11.5 Å². The first-order chi connectivity index (χ1) is 9.40. The van der Waals surface area contributed by atoms with Crippen LogP contribution >= 0.6 is 0 Å². The number of nitrogens with one attached hydrogen (secondary N) is 1. The lowest BCUT2D eigenvalue weighted by Crippen LogP contribution is -2.16. The molecule has 1 N–H and O–H groups in total. The summed E-state index contributed by atoms with van der Waals surface area (Å²) in [5.41, 5.74) is 1.02. The summed E-state index contributed by atoms with van der Waals surface area (Å²) in [6, 6.07) is 5.87. The van der Waals surface area contributed by atoms with Crippen molar-refractivity contribution < 1.29 is 18.9 Å². The highest BCUT2D eigenvalue weighted by Gasteiger charge is 2.11. The van der Waals surface area contributed by atoms with Crippen LogP contribution in [0.15, 0.2) is 18.2 Å². The molecule has 0 aromatic heterocycles. The van der Waals surface area contributed by atoms with Crippen molar-refractivity contribution in [3.05, 3.63) is 18.2 Å². The van der Waals surface area contributed by atoms with Crippen molar-refractivity contribution >= 4 is 5.69 Å². The third-order valence-electron chi connectivity index (χ3n) is 2.75. The lowest BCUT2D eigenvalue weighted by Gasteiger charge is -2.19. The molecule has 0 atom stereocenters. The van der Waals surface area contributed by atoms with E-state index in [1.165, 1.54) is 0 Å². The van der Waals surface area contributed by atoms with Gasteiger partial charge in [0, 0.05) is 38.6 Å². The first kappa shape index (κ1) is 14.0. The van der Waals surface area contributed by atoms with Crippen LogP contribution in [0.1, 0.15) is 6.42 Å². The molecule has 0 saturated carbocycles. The molecule has 0 saturated heterocycles. The molecule has 1 heterocycles. The number of hydrogen-bond acceptors (Lipinski definition) is 5. The molecule has 19 heavy (non-hydrogen) atoms. The van der Waals surface area contributed by atoms with E-state index < -0.39 is 0 Å². The van der Waals surface area contributed by atoms with E-state index >= 15 is 0 Å². The second-order valence-electron chi connectivity index (χ2n) is 4.24. The summed E-state index contributed by atoms with van der Waals surface area (Å²) >= 11 is 0. The highest BCUT2D eigenvalue weighted by atomic mass is 16.6. The lowest BCUT2D eigenvalue weighted by molar-refractivity contribution is 0.109. The quantitative estimate of drug-likeness (QED) is 0.729. The maximum Gasteiger partial charge on any atom is 0.163 e. The highest BCUT2D eigenvalue weighted by molar-refractivity contribution is 5.55. The van der Waals surface area contributed by atoms with Crippen molar-refractivity contribution in [1.29, 1.82) is 0 Å². The molecular formula is C14H21NO4. The van der Waals surface area contributed by atoms with Crippen molar-refractivity contribution in [2.45, 2.75) is 6.42 Å². The number of methoxy groups -OCH3 is 1. The third-order valence-corrected chi connectivity index (χ3v) is 2.75. The van der Waals surface area contributed by atoms with Gasteiger partial charge in [-0.1, -0.05) is 0 Å². The first-order valence-electron chi connectivity index (χ1n) is 6.60. The lowest BCUT2D eigenvalue weighted by atomic mass is 10.2. The Balaban J connectivity index is 1.66. The Kier molecular flexibility index (Phi) is 5.78. The molecular weight excluding hydrogens is 246 g/mol. The highest BCUT2D eigenvalue weighted by Crippen LogP contribution is 2.32. The Hall–Kier alpha value is -1.46. The number of benzene rings is 1. The van der Waals surface area contributed by atoms with E-state index in [1.807, 2.05) is 18.2 Å². The predicted molar refractivity (Wildman–Crippen MR) is 73.2 cm³/mol. The molecule has 106 valence electrons. The number of ether oxygens (including phenoxy) is 4. The molecule has 1 aromatic carbocycles. The Bertz CT molecular complexity index is 384.